The first kappa shape index (κ1) is 17.1. The van der Waals surface area contributed by atoms with Crippen LogP contribution in [0.3, 0.4) is 0 Å². The number of hydrogen-bond donors (Lipinski definition) is 5. The molecule has 136 valence electrons. The summed E-state index contributed by atoms with van der Waals surface area (Å²) in [6.45, 7) is 0. The van der Waals surface area contributed by atoms with E-state index in [1.165, 1.54) is 26.4 Å². The zero-order valence-electron chi connectivity index (χ0n) is 13.6. The first-order valence-electron chi connectivity index (χ1n) is 7.19. The van der Waals surface area contributed by atoms with E-state index in [1.807, 2.05) is 0 Å². The number of benzene rings is 2. The Labute approximate surface area is 145 Å². The van der Waals surface area contributed by atoms with E-state index in [4.69, 9.17) is 13.9 Å². The molecule has 26 heavy (non-hydrogen) atoms. The van der Waals surface area contributed by atoms with E-state index in [9.17, 15) is 30.3 Å². The lowest BCUT2D eigenvalue weighted by Crippen LogP contribution is -2.04. The van der Waals surface area contributed by atoms with Crippen LogP contribution in [0.5, 0.6) is 40.2 Å². The fourth-order valence-corrected chi connectivity index (χ4v) is 2.54. The van der Waals surface area contributed by atoms with Crippen molar-refractivity contribution < 1.29 is 39.4 Å². The fraction of sp³-hybridized carbons (Fsp3) is 0.118. The van der Waals surface area contributed by atoms with Gasteiger partial charge in [0.1, 0.15) is 16.7 Å². The van der Waals surface area contributed by atoms with Crippen LogP contribution in [0, 0.1) is 0 Å². The van der Waals surface area contributed by atoms with Gasteiger partial charge in [0, 0.05) is 12.1 Å². The topological polar surface area (TPSA) is 150 Å². The highest BCUT2D eigenvalue weighted by Gasteiger charge is 2.24. The summed E-state index contributed by atoms with van der Waals surface area (Å²) in [6, 6.07) is 3.39. The smallest absolute Gasteiger partial charge is 0.238 e. The van der Waals surface area contributed by atoms with Crippen molar-refractivity contribution in [2.24, 2.45) is 0 Å². The van der Waals surface area contributed by atoms with Gasteiger partial charge in [-0.2, -0.15) is 0 Å². The molecule has 2 aromatic carbocycles. The van der Waals surface area contributed by atoms with Crippen molar-refractivity contribution in [1.82, 2.24) is 0 Å². The largest absolute Gasteiger partial charge is 0.504 e. The normalized spacial score (nSPS) is 10.8. The van der Waals surface area contributed by atoms with Crippen molar-refractivity contribution in [1.29, 1.82) is 0 Å². The minimum Gasteiger partial charge on any atom is -0.504 e. The highest BCUT2D eigenvalue weighted by atomic mass is 16.5. The van der Waals surface area contributed by atoms with Gasteiger partial charge in [0.15, 0.2) is 28.8 Å². The summed E-state index contributed by atoms with van der Waals surface area (Å²) in [5.41, 5.74) is -1.25. The molecule has 0 bridgehead atoms. The second-order valence-corrected chi connectivity index (χ2v) is 5.30. The second-order valence-electron chi connectivity index (χ2n) is 5.30. The standard InChI is InChI=1S/C17H14O9/c1-24-9-4-7(18)10(25-2)3-6(9)17-16(23)15(22)12-11(26-17)5-8(19)13(20)14(12)21/h3-5,18-21,23H,1-2H3. The van der Waals surface area contributed by atoms with Crippen molar-refractivity contribution in [2.45, 2.75) is 0 Å². The number of phenols is 4. The van der Waals surface area contributed by atoms with Gasteiger partial charge in [-0.1, -0.05) is 0 Å². The van der Waals surface area contributed by atoms with E-state index in [-0.39, 0.29) is 34.2 Å². The number of rotatable bonds is 3. The van der Waals surface area contributed by atoms with E-state index >= 15 is 0 Å². The number of hydrogen-bond acceptors (Lipinski definition) is 9. The van der Waals surface area contributed by atoms with Crippen LogP contribution < -0.4 is 14.9 Å². The van der Waals surface area contributed by atoms with Crippen LogP contribution in [-0.4, -0.2) is 39.8 Å². The van der Waals surface area contributed by atoms with Crippen LogP contribution in [0.1, 0.15) is 0 Å². The van der Waals surface area contributed by atoms with Gasteiger partial charge in [-0.05, 0) is 6.07 Å². The average molecular weight is 362 g/mol. The summed E-state index contributed by atoms with van der Waals surface area (Å²) < 4.78 is 15.6. The molecule has 0 aliphatic heterocycles. The van der Waals surface area contributed by atoms with Gasteiger partial charge in [0.05, 0.1) is 19.8 Å². The zero-order valence-corrected chi connectivity index (χ0v) is 13.6. The maximum absolute atomic E-state index is 12.4. The first-order valence-corrected chi connectivity index (χ1v) is 7.19. The van der Waals surface area contributed by atoms with Crippen LogP contribution in [0.15, 0.2) is 27.4 Å². The van der Waals surface area contributed by atoms with E-state index in [0.717, 1.165) is 6.07 Å². The molecule has 9 nitrogen and oxygen atoms in total. The number of methoxy groups -OCH3 is 2. The molecule has 1 aromatic heterocycles. The molecule has 0 saturated heterocycles. The lowest BCUT2D eigenvalue weighted by molar-refractivity contribution is 0.365. The monoisotopic (exact) mass is 362 g/mol. The van der Waals surface area contributed by atoms with Gasteiger partial charge in [-0.25, -0.2) is 0 Å². The van der Waals surface area contributed by atoms with Crippen LogP contribution in [0.25, 0.3) is 22.3 Å². The molecule has 0 radical (unpaired) electrons. The van der Waals surface area contributed by atoms with E-state index in [0.29, 0.717) is 0 Å². The highest BCUT2D eigenvalue weighted by Crippen LogP contribution is 2.45. The summed E-state index contributed by atoms with van der Waals surface area (Å²) in [4.78, 5) is 12.4. The lowest BCUT2D eigenvalue weighted by atomic mass is 10.1. The number of phenolic OH excluding ortho intramolecular Hbond substituents is 4. The Bertz CT molecular complexity index is 1080. The Hall–Kier alpha value is -3.75. The molecule has 0 aliphatic rings. The molecule has 0 unspecified atom stereocenters. The van der Waals surface area contributed by atoms with Gasteiger partial charge < -0.3 is 39.4 Å². The Morgan fingerprint density at radius 3 is 2.08 bits per heavy atom. The maximum atomic E-state index is 12.4. The molecule has 1 heterocycles. The molecule has 0 saturated carbocycles. The molecule has 0 amide bonds. The molecule has 0 atom stereocenters. The van der Waals surface area contributed by atoms with Gasteiger partial charge in [-0.15, -0.1) is 0 Å². The molecule has 5 N–H and O–H groups in total. The minimum absolute atomic E-state index is 0.0272. The quantitative estimate of drug-likeness (QED) is 0.441. The molecule has 0 aliphatic carbocycles. The Kier molecular flexibility index (Phi) is 3.91. The first-order chi connectivity index (χ1) is 12.3. The number of fused-ring (bicyclic) bond motifs is 1. The number of aromatic hydroxyl groups is 5. The van der Waals surface area contributed by atoms with Crippen molar-refractivity contribution >= 4 is 11.0 Å². The van der Waals surface area contributed by atoms with E-state index in [2.05, 4.69) is 0 Å². The molecular formula is C17H14O9. The SMILES string of the molecule is COc1cc(-c2oc3cc(O)c(O)c(O)c3c(=O)c2O)c(OC)cc1O. The molecule has 9 heteroatoms. The van der Waals surface area contributed by atoms with Crippen molar-refractivity contribution in [3.8, 4) is 51.6 Å². The highest BCUT2D eigenvalue weighted by molar-refractivity contribution is 5.91. The lowest BCUT2D eigenvalue weighted by Gasteiger charge is -2.13. The summed E-state index contributed by atoms with van der Waals surface area (Å²) in [7, 11) is 2.61. The second kappa shape index (κ2) is 5.96. The van der Waals surface area contributed by atoms with E-state index in [1.54, 1.807) is 0 Å². The molecule has 0 spiro atoms. The van der Waals surface area contributed by atoms with Crippen LogP contribution in [0.2, 0.25) is 0 Å². The van der Waals surface area contributed by atoms with Gasteiger partial charge in [-0.3, -0.25) is 4.79 Å². The minimum atomic E-state index is -1.04. The fourth-order valence-electron chi connectivity index (χ4n) is 2.54. The maximum Gasteiger partial charge on any atom is 0.238 e. The van der Waals surface area contributed by atoms with Gasteiger partial charge in [0.25, 0.3) is 0 Å². The van der Waals surface area contributed by atoms with Gasteiger partial charge in [0.2, 0.25) is 16.9 Å². The summed E-state index contributed by atoms with van der Waals surface area (Å²) >= 11 is 0. The van der Waals surface area contributed by atoms with Crippen molar-refractivity contribution in [3.63, 3.8) is 0 Å². The third-order valence-corrected chi connectivity index (χ3v) is 3.83. The van der Waals surface area contributed by atoms with E-state index < -0.39 is 33.8 Å². The van der Waals surface area contributed by atoms with Crippen LogP contribution in [0.4, 0.5) is 0 Å². The van der Waals surface area contributed by atoms with Crippen LogP contribution in [-0.2, 0) is 0 Å². The predicted molar refractivity (Wildman–Crippen MR) is 89.3 cm³/mol. The average Bonchev–Trinajstić information content (AvgIpc) is 2.62. The third kappa shape index (κ3) is 2.37. The Morgan fingerprint density at radius 2 is 1.46 bits per heavy atom. The summed E-state index contributed by atoms with van der Waals surface area (Å²) in [6.07, 6.45) is 0. The molecule has 0 fully saturated rings. The Morgan fingerprint density at radius 1 is 0.808 bits per heavy atom. The molecular weight excluding hydrogens is 348 g/mol. The summed E-state index contributed by atoms with van der Waals surface area (Å²) in [5.74, 6) is -3.92. The van der Waals surface area contributed by atoms with Crippen molar-refractivity contribution in [2.75, 3.05) is 14.2 Å². The number of ether oxygens (including phenoxy) is 2. The zero-order chi connectivity index (χ0) is 19.2. The molecule has 3 aromatic rings. The van der Waals surface area contributed by atoms with Gasteiger partial charge >= 0.3 is 0 Å². The van der Waals surface area contributed by atoms with Crippen molar-refractivity contribution in [3.05, 3.63) is 28.4 Å². The Balaban J connectivity index is 2.43. The predicted octanol–water partition coefficient (Wildman–Crippen LogP) is 2.01. The molecule has 3 rings (SSSR count). The summed E-state index contributed by atoms with van der Waals surface area (Å²) in [5, 5.41) is 48.7. The third-order valence-electron chi connectivity index (χ3n) is 3.83. The van der Waals surface area contributed by atoms with Crippen LogP contribution >= 0.6 is 0 Å².